The third-order valence-corrected chi connectivity index (χ3v) is 3.06. The molecule has 0 aliphatic rings. The van der Waals surface area contributed by atoms with Gasteiger partial charge >= 0.3 is 0 Å². The number of rotatable bonds is 5. The van der Waals surface area contributed by atoms with Crippen LogP contribution in [-0.2, 0) is 4.79 Å². The molecule has 94 valence electrons. The minimum Gasteiger partial charge on any atom is -0.359 e. The molecule has 0 aromatic heterocycles. The van der Waals surface area contributed by atoms with Gasteiger partial charge < -0.3 is 5.32 Å². The first-order valence-corrected chi connectivity index (χ1v) is 6.35. The smallest absolute Gasteiger partial charge is 0.220 e. The summed E-state index contributed by atoms with van der Waals surface area (Å²) >= 11 is 0. The van der Waals surface area contributed by atoms with Gasteiger partial charge in [-0.05, 0) is 31.7 Å². The Morgan fingerprint density at radius 2 is 1.82 bits per heavy atom. The lowest BCUT2D eigenvalue weighted by Crippen LogP contribution is -2.20. The highest BCUT2D eigenvalue weighted by Crippen LogP contribution is 2.26. The lowest BCUT2D eigenvalue weighted by atomic mass is 9.89. The van der Waals surface area contributed by atoms with Crippen molar-refractivity contribution < 1.29 is 4.79 Å². The van der Waals surface area contributed by atoms with Crippen LogP contribution in [0.4, 0.5) is 0 Å². The monoisotopic (exact) mass is 233 g/mol. The molecule has 0 aliphatic heterocycles. The number of nitrogens with one attached hydrogen (secondary N) is 1. The number of hydrogen-bond donors (Lipinski definition) is 1. The van der Waals surface area contributed by atoms with E-state index in [1.165, 1.54) is 16.7 Å². The number of carbonyl (C=O) groups excluding carboxylic acids is 1. The molecule has 0 spiro atoms. The summed E-state index contributed by atoms with van der Waals surface area (Å²) in [5.74, 6) is 0.473. The van der Waals surface area contributed by atoms with Crippen LogP contribution in [0.1, 0.15) is 48.8 Å². The van der Waals surface area contributed by atoms with E-state index in [1.54, 1.807) is 7.05 Å². The van der Waals surface area contributed by atoms with E-state index in [2.05, 4.69) is 44.3 Å². The molecule has 0 radical (unpaired) electrons. The average molecular weight is 233 g/mol. The Bertz CT molecular complexity index is 364. The highest BCUT2D eigenvalue weighted by molar-refractivity contribution is 5.76. The maximum Gasteiger partial charge on any atom is 0.220 e. The molecular weight excluding hydrogens is 210 g/mol. The third-order valence-electron chi connectivity index (χ3n) is 3.06. The molecule has 0 saturated carbocycles. The van der Waals surface area contributed by atoms with Gasteiger partial charge in [-0.1, -0.05) is 42.7 Å². The fourth-order valence-electron chi connectivity index (χ4n) is 2.31. The van der Waals surface area contributed by atoms with Gasteiger partial charge in [-0.15, -0.1) is 0 Å². The lowest BCUT2D eigenvalue weighted by Gasteiger charge is -2.17. The zero-order valence-corrected chi connectivity index (χ0v) is 11.3. The van der Waals surface area contributed by atoms with Gasteiger partial charge in [-0.25, -0.2) is 0 Å². The summed E-state index contributed by atoms with van der Waals surface area (Å²) in [7, 11) is 1.70. The van der Waals surface area contributed by atoms with Crippen molar-refractivity contribution in [1.82, 2.24) is 5.32 Å². The van der Waals surface area contributed by atoms with E-state index >= 15 is 0 Å². The minimum atomic E-state index is 0.127. The standard InChI is InChI=1S/C15H23NO/c1-5-6-13(10-15(17)16-4)14-8-11(2)7-12(3)9-14/h7-9,13H,5-6,10H2,1-4H3,(H,16,17). The highest BCUT2D eigenvalue weighted by atomic mass is 16.1. The molecule has 0 aliphatic carbocycles. The second-order valence-corrected chi connectivity index (χ2v) is 4.78. The van der Waals surface area contributed by atoms with Crippen LogP contribution in [0, 0.1) is 13.8 Å². The Kier molecular flexibility index (Phi) is 5.20. The van der Waals surface area contributed by atoms with Crippen molar-refractivity contribution in [1.29, 1.82) is 0 Å². The molecule has 1 rings (SSSR count). The Labute approximate surface area is 104 Å². The summed E-state index contributed by atoms with van der Waals surface area (Å²) in [6.07, 6.45) is 2.76. The Morgan fingerprint density at radius 3 is 2.29 bits per heavy atom. The molecule has 1 aromatic carbocycles. The molecule has 17 heavy (non-hydrogen) atoms. The molecule has 0 bridgehead atoms. The van der Waals surface area contributed by atoms with E-state index in [9.17, 15) is 4.79 Å². The number of amides is 1. The summed E-state index contributed by atoms with van der Waals surface area (Å²) in [4.78, 5) is 11.5. The van der Waals surface area contributed by atoms with Crippen LogP contribution in [0.5, 0.6) is 0 Å². The second kappa shape index (κ2) is 6.43. The van der Waals surface area contributed by atoms with Crippen molar-refractivity contribution in [3.8, 4) is 0 Å². The van der Waals surface area contributed by atoms with Gasteiger partial charge in [0.05, 0.1) is 0 Å². The summed E-state index contributed by atoms with van der Waals surface area (Å²) in [6, 6.07) is 6.58. The predicted molar refractivity (Wildman–Crippen MR) is 72.2 cm³/mol. The Balaban J connectivity index is 2.91. The molecule has 0 heterocycles. The van der Waals surface area contributed by atoms with Gasteiger partial charge in [-0.2, -0.15) is 0 Å². The summed E-state index contributed by atoms with van der Waals surface area (Å²) in [5.41, 5.74) is 3.85. The largest absolute Gasteiger partial charge is 0.359 e. The molecule has 1 aromatic rings. The molecule has 1 unspecified atom stereocenters. The summed E-state index contributed by atoms with van der Waals surface area (Å²) in [6.45, 7) is 6.39. The molecule has 1 N–H and O–H groups in total. The van der Waals surface area contributed by atoms with E-state index < -0.39 is 0 Å². The fraction of sp³-hybridized carbons (Fsp3) is 0.533. The zero-order valence-electron chi connectivity index (χ0n) is 11.3. The maximum atomic E-state index is 11.5. The van der Waals surface area contributed by atoms with Crippen molar-refractivity contribution in [3.63, 3.8) is 0 Å². The molecule has 2 nitrogen and oxygen atoms in total. The minimum absolute atomic E-state index is 0.127. The Morgan fingerprint density at radius 1 is 1.24 bits per heavy atom. The van der Waals surface area contributed by atoms with Gasteiger partial charge in [0.1, 0.15) is 0 Å². The van der Waals surface area contributed by atoms with Gasteiger partial charge in [0.25, 0.3) is 0 Å². The van der Waals surface area contributed by atoms with Crippen molar-refractivity contribution in [3.05, 3.63) is 34.9 Å². The van der Waals surface area contributed by atoms with E-state index in [-0.39, 0.29) is 5.91 Å². The summed E-state index contributed by atoms with van der Waals surface area (Å²) in [5, 5.41) is 2.71. The lowest BCUT2D eigenvalue weighted by molar-refractivity contribution is -0.121. The first-order valence-electron chi connectivity index (χ1n) is 6.35. The third kappa shape index (κ3) is 4.22. The van der Waals surface area contributed by atoms with Crippen molar-refractivity contribution in [2.45, 2.75) is 46.0 Å². The van der Waals surface area contributed by atoms with Crippen LogP contribution in [0.15, 0.2) is 18.2 Å². The first-order chi connectivity index (χ1) is 8.06. The molecule has 1 atom stereocenters. The van der Waals surface area contributed by atoms with Crippen LogP contribution >= 0.6 is 0 Å². The SMILES string of the molecule is CCCC(CC(=O)NC)c1cc(C)cc(C)c1. The molecule has 2 heteroatoms. The van der Waals surface area contributed by atoms with E-state index in [0.717, 1.165) is 12.8 Å². The maximum absolute atomic E-state index is 11.5. The van der Waals surface area contributed by atoms with E-state index in [1.807, 2.05) is 0 Å². The van der Waals surface area contributed by atoms with Crippen molar-refractivity contribution >= 4 is 5.91 Å². The van der Waals surface area contributed by atoms with Crippen molar-refractivity contribution in [2.75, 3.05) is 7.05 Å². The van der Waals surface area contributed by atoms with Gasteiger partial charge in [0.2, 0.25) is 5.91 Å². The Hall–Kier alpha value is -1.31. The first kappa shape index (κ1) is 13.8. The number of hydrogen-bond acceptors (Lipinski definition) is 1. The van der Waals surface area contributed by atoms with Crippen LogP contribution in [0.3, 0.4) is 0 Å². The number of aryl methyl sites for hydroxylation is 2. The van der Waals surface area contributed by atoms with E-state index in [0.29, 0.717) is 12.3 Å². The molecule has 1 amide bonds. The van der Waals surface area contributed by atoms with Gasteiger partial charge in [0, 0.05) is 13.5 Å². The van der Waals surface area contributed by atoms with Crippen LogP contribution in [0.2, 0.25) is 0 Å². The molecule has 0 fully saturated rings. The zero-order chi connectivity index (χ0) is 12.8. The van der Waals surface area contributed by atoms with Crippen LogP contribution in [0.25, 0.3) is 0 Å². The summed E-state index contributed by atoms with van der Waals surface area (Å²) < 4.78 is 0. The second-order valence-electron chi connectivity index (χ2n) is 4.78. The molecular formula is C15H23NO. The van der Waals surface area contributed by atoms with Crippen LogP contribution < -0.4 is 5.32 Å². The van der Waals surface area contributed by atoms with Crippen LogP contribution in [-0.4, -0.2) is 13.0 Å². The predicted octanol–water partition coefficient (Wildman–Crippen LogP) is 3.32. The van der Waals surface area contributed by atoms with Gasteiger partial charge in [-0.3, -0.25) is 4.79 Å². The normalized spacial score (nSPS) is 12.2. The average Bonchev–Trinajstić information content (AvgIpc) is 2.27. The van der Waals surface area contributed by atoms with Crippen molar-refractivity contribution in [2.24, 2.45) is 0 Å². The molecule has 0 saturated heterocycles. The highest BCUT2D eigenvalue weighted by Gasteiger charge is 2.15. The van der Waals surface area contributed by atoms with E-state index in [4.69, 9.17) is 0 Å². The fourth-order valence-corrected chi connectivity index (χ4v) is 2.31. The number of carbonyl (C=O) groups is 1. The topological polar surface area (TPSA) is 29.1 Å². The quantitative estimate of drug-likeness (QED) is 0.830. The van der Waals surface area contributed by atoms with Gasteiger partial charge in [0.15, 0.2) is 0 Å². The number of benzene rings is 1.